The van der Waals surface area contributed by atoms with Gasteiger partial charge in [0.2, 0.25) is 0 Å². The molecule has 1 fully saturated rings. The molecule has 29 heavy (non-hydrogen) atoms. The molecule has 2 N–H and O–H groups in total. The fraction of sp³-hybridized carbons (Fsp3) is 0.304. The summed E-state index contributed by atoms with van der Waals surface area (Å²) < 4.78 is 9.86. The molecular formula is C23H25N5O. The van der Waals surface area contributed by atoms with Crippen molar-refractivity contribution < 1.29 is 4.74 Å². The summed E-state index contributed by atoms with van der Waals surface area (Å²) in [7, 11) is 1.93. The highest BCUT2D eigenvalue weighted by Crippen LogP contribution is 2.30. The van der Waals surface area contributed by atoms with E-state index in [9.17, 15) is 0 Å². The molecule has 6 heteroatoms. The van der Waals surface area contributed by atoms with Gasteiger partial charge in [-0.2, -0.15) is 10.2 Å². The molecule has 0 spiro atoms. The lowest BCUT2D eigenvalue weighted by Crippen LogP contribution is -2.19. The molecular weight excluding hydrogens is 362 g/mol. The van der Waals surface area contributed by atoms with Crippen molar-refractivity contribution in [1.82, 2.24) is 19.6 Å². The first-order chi connectivity index (χ1) is 14.2. The highest BCUT2D eigenvalue weighted by atomic mass is 16.5. The van der Waals surface area contributed by atoms with Crippen molar-refractivity contribution in [3.05, 3.63) is 66.1 Å². The Labute approximate surface area is 169 Å². The fourth-order valence-corrected chi connectivity index (χ4v) is 4.07. The minimum atomic E-state index is 0.0107. The predicted molar refractivity (Wildman–Crippen MR) is 114 cm³/mol. The third-order valence-electron chi connectivity index (χ3n) is 5.60. The Morgan fingerprint density at radius 1 is 1.10 bits per heavy atom. The monoisotopic (exact) mass is 387 g/mol. The van der Waals surface area contributed by atoms with Crippen LogP contribution in [0.4, 0.5) is 5.69 Å². The molecule has 3 heterocycles. The van der Waals surface area contributed by atoms with Gasteiger partial charge < -0.3 is 10.5 Å². The van der Waals surface area contributed by atoms with Crippen molar-refractivity contribution in [2.45, 2.75) is 31.9 Å². The number of rotatable bonds is 4. The van der Waals surface area contributed by atoms with Gasteiger partial charge >= 0.3 is 0 Å². The number of nitrogens with zero attached hydrogens (tertiary/aromatic N) is 4. The van der Waals surface area contributed by atoms with Crippen LogP contribution in [0.15, 0.2) is 54.9 Å². The van der Waals surface area contributed by atoms with E-state index in [1.165, 1.54) is 12.0 Å². The van der Waals surface area contributed by atoms with Crippen LogP contribution in [-0.2, 0) is 18.2 Å². The van der Waals surface area contributed by atoms with Gasteiger partial charge in [0.25, 0.3) is 0 Å². The minimum absolute atomic E-state index is 0.0107. The van der Waals surface area contributed by atoms with Crippen molar-refractivity contribution in [3.8, 4) is 11.1 Å². The summed E-state index contributed by atoms with van der Waals surface area (Å²) in [4.78, 5) is 0. The molecule has 0 radical (unpaired) electrons. The molecule has 2 aromatic carbocycles. The highest BCUT2D eigenvalue weighted by molar-refractivity contribution is 5.85. The number of nitrogen functional groups attached to an aromatic ring is 1. The third kappa shape index (κ3) is 3.51. The molecule has 6 nitrogen and oxygen atoms in total. The molecule has 4 aromatic rings. The van der Waals surface area contributed by atoms with Crippen LogP contribution in [-0.4, -0.2) is 26.2 Å². The maximum atomic E-state index is 6.08. The SMILES string of the molecule is Cn1cc(-c2ccc(Cc3nn(C4CCCCO4)c4ccc(N)cc34)cc2)cn1. The summed E-state index contributed by atoms with van der Waals surface area (Å²) in [6, 6.07) is 14.6. The Hall–Kier alpha value is -3.12. The summed E-state index contributed by atoms with van der Waals surface area (Å²) >= 11 is 0. The van der Waals surface area contributed by atoms with E-state index in [4.69, 9.17) is 15.6 Å². The van der Waals surface area contributed by atoms with Crippen LogP contribution in [0.2, 0.25) is 0 Å². The van der Waals surface area contributed by atoms with Gasteiger partial charge in [0, 0.05) is 42.9 Å². The molecule has 1 atom stereocenters. The van der Waals surface area contributed by atoms with E-state index in [1.54, 1.807) is 0 Å². The second kappa shape index (κ2) is 7.37. The van der Waals surface area contributed by atoms with E-state index in [2.05, 4.69) is 35.4 Å². The largest absolute Gasteiger partial charge is 0.399 e. The van der Waals surface area contributed by atoms with E-state index in [1.807, 2.05) is 40.9 Å². The van der Waals surface area contributed by atoms with E-state index in [0.29, 0.717) is 0 Å². The lowest BCUT2D eigenvalue weighted by Gasteiger charge is -2.23. The summed E-state index contributed by atoms with van der Waals surface area (Å²) in [5.41, 5.74) is 12.5. The van der Waals surface area contributed by atoms with Gasteiger partial charge in [0.1, 0.15) is 0 Å². The number of aromatic nitrogens is 4. The number of hydrogen-bond donors (Lipinski definition) is 1. The zero-order chi connectivity index (χ0) is 19.8. The molecule has 2 aromatic heterocycles. The summed E-state index contributed by atoms with van der Waals surface area (Å²) in [5, 5.41) is 10.3. The van der Waals surface area contributed by atoms with Crippen molar-refractivity contribution in [3.63, 3.8) is 0 Å². The van der Waals surface area contributed by atoms with Crippen molar-refractivity contribution >= 4 is 16.6 Å². The number of fused-ring (bicyclic) bond motifs is 1. The molecule has 1 aliphatic rings. The highest BCUT2D eigenvalue weighted by Gasteiger charge is 2.21. The molecule has 148 valence electrons. The molecule has 0 amide bonds. The first-order valence-corrected chi connectivity index (χ1v) is 10.1. The van der Waals surface area contributed by atoms with Gasteiger partial charge in [0.15, 0.2) is 6.23 Å². The average Bonchev–Trinajstić information content (AvgIpc) is 3.33. The van der Waals surface area contributed by atoms with Gasteiger partial charge in [-0.3, -0.25) is 4.68 Å². The van der Waals surface area contributed by atoms with Crippen molar-refractivity contribution in [2.75, 3.05) is 12.3 Å². The topological polar surface area (TPSA) is 70.9 Å². The van der Waals surface area contributed by atoms with Crippen LogP contribution in [0.5, 0.6) is 0 Å². The van der Waals surface area contributed by atoms with Gasteiger partial charge in [-0.15, -0.1) is 0 Å². The average molecular weight is 387 g/mol. The molecule has 0 aliphatic carbocycles. The summed E-state index contributed by atoms with van der Waals surface area (Å²) in [5.74, 6) is 0. The lowest BCUT2D eigenvalue weighted by molar-refractivity contribution is -0.0368. The quantitative estimate of drug-likeness (QED) is 0.530. The standard InChI is InChI=1S/C23H25N5O/c1-27-15-18(14-25-27)17-7-5-16(6-8-17)12-21-20-13-19(24)9-10-22(20)28(26-21)23-4-2-3-11-29-23/h5-10,13-15,23H,2-4,11-12,24H2,1H3. The van der Waals surface area contributed by atoms with Crippen molar-refractivity contribution in [2.24, 2.45) is 7.05 Å². The molecule has 1 saturated heterocycles. The molecule has 5 rings (SSSR count). The van der Waals surface area contributed by atoms with E-state index in [0.717, 1.165) is 59.3 Å². The molecule has 1 unspecified atom stereocenters. The van der Waals surface area contributed by atoms with Gasteiger partial charge in [-0.1, -0.05) is 24.3 Å². The van der Waals surface area contributed by atoms with Gasteiger partial charge in [0.05, 0.1) is 17.4 Å². The van der Waals surface area contributed by atoms with Crippen LogP contribution in [0.25, 0.3) is 22.0 Å². The lowest BCUT2D eigenvalue weighted by atomic mass is 10.0. The number of nitrogens with two attached hydrogens (primary N) is 1. The van der Waals surface area contributed by atoms with Crippen LogP contribution >= 0.6 is 0 Å². The third-order valence-corrected chi connectivity index (χ3v) is 5.60. The zero-order valence-electron chi connectivity index (χ0n) is 16.6. The summed E-state index contributed by atoms with van der Waals surface area (Å²) in [6.07, 6.45) is 7.98. The maximum Gasteiger partial charge on any atom is 0.150 e. The Kier molecular flexibility index (Phi) is 4.56. The zero-order valence-corrected chi connectivity index (χ0v) is 16.6. The first kappa shape index (κ1) is 17.9. The van der Waals surface area contributed by atoms with Gasteiger partial charge in [-0.25, -0.2) is 4.68 Å². The van der Waals surface area contributed by atoms with E-state index < -0.39 is 0 Å². The molecule has 0 saturated carbocycles. The van der Waals surface area contributed by atoms with Crippen LogP contribution in [0.3, 0.4) is 0 Å². The normalized spacial score (nSPS) is 17.1. The van der Waals surface area contributed by atoms with E-state index >= 15 is 0 Å². The van der Waals surface area contributed by atoms with E-state index in [-0.39, 0.29) is 6.23 Å². The Balaban J connectivity index is 1.47. The number of benzene rings is 2. The number of hydrogen-bond acceptors (Lipinski definition) is 4. The second-order valence-electron chi connectivity index (χ2n) is 7.77. The number of ether oxygens (including phenoxy) is 1. The predicted octanol–water partition coefficient (Wildman–Crippen LogP) is 4.31. The Morgan fingerprint density at radius 3 is 2.69 bits per heavy atom. The van der Waals surface area contributed by atoms with Crippen LogP contribution < -0.4 is 5.73 Å². The number of aryl methyl sites for hydroxylation is 1. The Morgan fingerprint density at radius 2 is 1.97 bits per heavy atom. The molecule has 0 bridgehead atoms. The first-order valence-electron chi connectivity index (χ1n) is 10.1. The second-order valence-corrected chi connectivity index (χ2v) is 7.77. The molecule has 1 aliphatic heterocycles. The van der Waals surface area contributed by atoms with Crippen LogP contribution in [0, 0.1) is 0 Å². The van der Waals surface area contributed by atoms with Crippen molar-refractivity contribution in [1.29, 1.82) is 0 Å². The fourth-order valence-electron chi connectivity index (χ4n) is 4.07. The van der Waals surface area contributed by atoms with Gasteiger partial charge in [-0.05, 0) is 48.6 Å². The summed E-state index contributed by atoms with van der Waals surface area (Å²) in [6.45, 7) is 0.798. The van der Waals surface area contributed by atoms with Crippen LogP contribution in [0.1, 0.15) is 36.7 Å². The smallest absolute Gasteiger partial charge is 0.150 e. The number of anilines is 1. The maximum absolute atomic E-state index is 6.08. The minimum Gasteiger partial charge on any atom is -0.399 e. The Bertz CT molecular complexity index is 1140.